The summed E-state index contributed by atoms with van der Waals surface area (Å²) < 4.78 is 0.978. The molecule has 0 amide bonds. The fourth-order valence-corrected chi connectivity index (χ4v) is 2.07. The number of rotatable bonds is 5. The van der Waals surface area contributed by atoms with Gasteiger partial charge in [0.25, 0.3) is 0 Å². The number of halogens is 1. The minimum Gasteiger partial charge on any atom is -0.380 e. The van der Waals surface area contributed by atoms with Crippen molar-refractivity contribution in [3.05, 3.63) is 58.3 Å². The summed E-state index contributed by atoms with van der Waals surface area (Å²) in [6, 6.07) is 10.5. The Kier molecular flexibility index (Phi) is 4.73. The topological polar surface area (TPSA) is 50.9 Å². The Balaban J connectivity index is 1.93. The zero-order valence-electron chi connectivity index (χ0n) is 10.1. The number of pyridine rings is 1. The quantitative estimate of drug-likeness (QED) is 0.893. The number of aromatic nitrogens is 1. The molecule has 3 nitrogen and oxygen atoms in total. The number of hydrogen-bond acceptors (Lipinski definition) is 3. The van der Waals surface area contributed by atoms with Crippen LogP contribution in [0, 0.1) is 0 Å². The maximum absolute atomic E-state index is 5.52. The molecule has 0 bridgehead atoms. The van der Waals surface area contributed by atoms with E-state index in [9.17, 15) is 0 Å². The van der Waals surface area contributed by atoms with Gasteiger partial charge in [-0.3, -0.25) is 4.98 Å². The van der Waals surface area contributed by atoms with Crippen LogP contribution < -0.4 is 11.1 Å². The predicted molar refractivity (Wildman–Crippen MR) is 78.5 cm³/mol. The highest BCUT2D eigenvalue weighted by Gasteiger charge is 1.96. The monoisotopic (exact) mass is 305 g/mol. The summed E-state index contributed by atoms with van der Waals surface area (Å²) in [4.78, 5) is 4.11. The first-order valence-corrected chi connectivity index (χ1v) is 6.69. The third kappa shape index (κ3) is 3.82. The van der Waals surface area contributed by atoms with Gasteiger partial charge < -0.3 is 11.1 Å². The summed E-state index contributed by atoms with van der Waals surface area (Å²) in [6.45, 7) is 1.49. The Hall–Kier alpha value is -1.39. The Labute approximate surface area is 116 Å². The molecule has 0 atom stereocenters. The van der Waals surface area contributed by atoms with Gasteiger partial charge >= 0.3 is 0 Å². The molecule has 0 saturated heterocycles. The first-order valence-electron chi connectivity index (χ1n) is 5.90. The molecule has 0 fully saturated rings. The van der Waals surface area contributed by atoms with E-state index in [-0.39, 0.29) is 0 Å². The highest BCUT2D eigenvalue weighted by molar-refractivity contribution is 9.10. The second-order valence-corrected chi connectivity index (χ2v) is 5.02. The molecule has 18 heavy (non-hydrogen) atoms. The molecular weight excluding hydrogens is 290 g/mol. The van der Waals surface area contributed by atoms with E-state index in [0.29, 0.717) is 6.54 Å². The Morgan fingerprint density at radius 3 is 2.50 bits per heavy atom. The lowest BCUT2D eigenvalue weighted by Gasteiger charge is -2.07. The maximum Gasteiger partial charge on any atom is 0.0540 e. The van der Waals surface area contributed by atoms with Crippen molar-refractivity contribution in [3.63, 3.8) is 0 Å². The van der Waals surface area contributed by atoms with Crippen LogP contribution in [0.1, 0.15) is 11.1 Å². The van der Waals surface area contributed by atoms with Crippen molar-refractivity contribution in [2.24, 2.45) is 5.73 Å². The summed E-state index contributed by atoms with van der Waals surface area (Å²) >= 11 is 3.40. The third-order valence-corrected chi connectivity index (χ3v) is 3.09. The van der Waals surface area contributed by atoms with Crippen molar-refractivity contribution in [2.45, 2.75) is 13.0 Å². The number of anilines is 1. The molecule has 0 unspecified atom stereocenters. The van der Waals surface area contributed by atoms with Gasteiger partial charge in [-0.2, -0.15) is 0 Å². The van der Waals surface area contributed by atoms with E-state index in [4.69, 9.17) is 5.73 Å². The first-order chi connectivity index (χ1) is 8.78. The smallest absolute Gasteiger partial charge is 0.0540 e. The first kappa shape index (κ1) is 13.1. The van der Waals surface area contributed by atoms with Crippen LogP contribution in [-0.4, -0.2) is 11.5 Å². The molecule has 0 saturated carbocycles. The fraction of sp³-hybridized carbons (Fsp3) is 0.214. The van der Waals surface area contributed by atoms with E-state index >= 15 is 0 Å². The van der Waals surface area contributed by atoms with Crippen molar-refractivity contribution in [1.82, 2.24) is 4.98 Å². The van der Waals surface area contributed by atoms with Gasteiger partial charge in [0.15, 0.2) is 0 Å². The van der Waals surface area contributed by atoms with E-state index in [1.165, 1.54) is 11.1 Å². The van der Waals surface area contributed by atoms with Crippen LogP contribution in [0.2, 0.25) is 0 Å². The standard InChI is InChI=1S/C14H16BrN3/c15-13-7-14(10-17-9-13)18-8-12-3-1-11(2-4-12)5-6-16/h1-4,7,9-10,18H,5-6,8,16H2. The number of benzene rings is 1. The molecule has 94 valence electrons. The molecule has 1 heterocycles. The number of nitrogens with zero attached hydrogens (tertiary/aromatic N) is 1. The summed E-state index contributed by atoms with van der Waals surface area (Å²) in [7, 11) is 0. The molecule has 0 spiro atoms. The summed E-state index contributed by atoms with van der Waals surface area (Å²) in [5.41, 5.74) is 9.06. The lowest BCUT2D eigenvalue weighted by molar-refractivity contribution is 0.966. The highest BCUT2D eigenvalue weighted by atomic mass is 79.9. The largest absolute Gasteiger partial charge is 0.380 e. The van der Waals surface area contributed by atoms with Crippen molar-refractivity contribution in [3.8, 4) is 0 Å². The molecule has 1 aromatic heterocycles. The van der Waals surface area contributed by atoms with Crippen molar-refractivity contribution >= 4 is 21.6 Å². The molecule has 0 aliphatic carbocycles. The Morgan fingerprint density at radius 2 is 1.83 bits per heavy atom. The minimum absolute atomic E-state index is 0.696. The van der Waals surface area contributed by atoms with Crippen molar-refractivity contribution in [2.75, 3.05) is 11.9 Å². The van der Waals surface area contributed by atoms with Crippen LogP contribution in [0.3, 0.4) is 0 Å². The molecule has 3 N–H and O–H groups in total. The number of nitrogens with two attached hydrogens (primary N) is 1. The van der Waals surface area contributed by atoms with E-state index in [0.717, 1.165) is 23.1 Å². The van der Waals surface area contributed by atoms with Gasteiger partial charge in [0, 0.05) is 17.2 Å². The molecule has 1 aromatic carbocycles. The molecule has 0 aliphatic heterocycles. The van der Waals surface area contributed by atoms with Crippen LogP contribution in [-0.2, 0) is 13.0 Å². The highest BCUT2D eigenvalue weighted by Crippen LogP contribution is 2.14. The van der Waals surface area contributed by atoms with Crippen LogP contribution in [0.5, 0.6) is 0 Å². The molecule has 2 aromatic rings. The average molecular weight is 306 g/mol. The maximum atomic E-state index is 5.52. The van der Waals surface area contributed by atoms with E-state index in [2.05, 4.69) is 50.5 Å². The van der Waals surface area contributed by atoms with Gasteiger partial charge in [-0.1, -0.05) is 24.3 Å². The average Bonchev–Trinajstić information content (AvgIpc) is 2.38. The van der Waals surface area contributed by atoms with Gasteiger partial charge in [-0.25, -0.2) is 0 Å². The summed E-state index contributed by atoms with van der Waals surface area (Å²) in [5, 5.41) is 3.34. The van der Waals surface area contributed by atoms with Crippen molar-refractivity contribution in [1.29, 1.82) is 0 Å². The lowest BCUT2D eigenvalue weighted by atomic mass is 10.1. The van der Waals surface area contributed by atoms with Gasteiger partial charge in [-0.05, 0) is 46.1 Å². The molecule has 0 aliphatic rings. The van der Waals surface area contributed by atoms with Crippen LogP contribution in [0.25, 0.3) is 0 Å². The second-order valence-electron chi connectivity index (χ2n) is 4.10. The normalized spacial score (nSPS) is 10.3. The van der Waals surface area contributed by atoms with E-state index < -0.39 is 0 Å². The minimum atomic E-state index is 0.696. The van der Waals surface area contributed by atoms with Crippen molar-refractivity contribution < 1.29 is 0 Å². The van der Waals surface area contributed by atoms with Crippen LogP contribution in [0.15, 0.2) is 47.2 Å². The van der Waals surface area contributed by atoms with Gasteiger partial charge in [0.1, 0.15) is 0 Å². The zero-order chi connectivity index (χ0) is 12.8. The SMILES string of the molecule is NCCc1ccc(CNc2cncc(Br)c2)cc1. The van der Waals surface area contributed by atoms with Gasteiger partial charge in [0.05, 0.1) is 11.9 Å². The van der Waals surface area contributed by atoms with Gasteiger partial charge in [0.2, 0.25) is 0 Å². The molecular formula is C14H16BrN3. The number of hydrogen-bond donors (Lipinski definition) is 2. The Bertz CT molecular complexity index is 497. The summed E-state index contributed by atoms with van der Waals surface area (Å²) in [5.74, 6) is 0. The molecule has 2 rings (SSSR count). The fourth-order valence-electron chi connectivity index (χ4n) is 1.70. The Morgan fingerprint density at radius 1 is 1.11 bits per heavy atom. The second kappa shape index (κ2) is 6.52. The van der Waals surface area contributed by atoms with E-state index in [1.54, 1.807) is 6.20 Å². The van der Waals surface area contributed by atoms with Crippen LogP contribution in [0.4, 0.5) is 5.69 Å². The van der Waals surface area contributed by atoms with E-state index in [1.807, 2.05) is 12.3 Å². The molecule has 0 radical (unpaired) electrons. The molecule has 4 heteroatoms. The van der Waals surface area contributed by atoms with Crippen LogP contribution >= 0.6 is 15.9 Å². The predicted octanol–water partition coefficient (Wildman–Crippen LogP) is 2.96. The number of nitrogens with one attached hydrogen (secondary N) is 1. The summed E-state index contributed by atoms with van der Waals surface area (Å²) in [6.07, 6.45) is 4.52. The third-order valence-electron chi connectivity index (χ3n) is 2.66. The lowest BCUT2D eigenvalue weighted by Crippen LogP contribution is -2.03. The van der Waals surface area contributed by atoms with Gasteiger partial charge in [-0.15, -0.1) is 0 Å². The zero-order valence-corrected chi connectivity index (χ0v) is 11.7.